The quantitative estimate of drug-likeness (QED) is 0.858. The highest BCUT2D eigenvalue weighted by molar-refractivity contribution is 5.94. The predicted molar refractivity (Wildman–Crippen MR) is 77.2 cm³/mol. The Hall–Kier alpha value is -2.27. The summed E-state index contributed by atoms with van der Waals surface area (Å²) >= 11 is 0. The van der Waals surface area contributed by atoms with Crippen LogP contribution in [0, 0.1) is 5.82 Å². The highest BCUT2D eigenvalue weighted by atomic mass is 19.1. The molecule has 0 aliphatic heterocycles. The summed E-state index contributed by atoms with van der Waals surface area (Å²) in [7, 11) is 0. The molecule has 5 heteroatoms. The van der Waals surface area contributed by atoms with E-state index < -0.39 is 11.7 Å². The molecule has 0 fully saturated rings. The van der Waals surface area contributed by atoms with Crippen LogP contribution in [0.5, 0.6) is 0 Å². The maximum Gasteiger partial charge on any atom is 0.254 e. The van der Waals surface area contributed by atoms with Crippen LogP contribution in [0.3, 0.4) is 0 Å². The molecule has 0 unspecified atom stereocenters. The lowest BCUT2D eigenvalue weighted by Gasteiger charge is -2.19. The summed E-state index contributed by atoms with van der Waals surface area (Å²) in [5.41, 5.74) is 0.892. The first-order chi connectivity index (χ1) is 10.2. The molecule has 0 aliphatic carbocycles. The van der Waals surface area contributed by atoms with Crippen LogP contribution in [0.4, 0.5) is 4.39 Å². The molecule has 1 amide bonds. The third kappa shape index (κ3) is 4.10. The van der Waals surface area contributed by atoms with E-state index in [1.165, 1.54) is 12.3 Å². The number of pyridine rings is 1. The summed E-state index contributed by atoms with van der Waals surface area (Å²) < 4.78 is 13.6. The number of amides is 1. The van der Waals surface area contributed by atoms with Gasteiger partial charge in [0.1, 0.15) is 0 Å². The molecule has 21 heavy (non-hydrogen) atoms. The summed E-state index contributed by atoms with van der Waals surface area (Å²) in [6.07, 6.45) is 3.53. The number of aromatic nitrogens is 1. The van der Waals surface area contributed by atoms with E-state index in [9.17, 15) is 9.18 Å². The topological polar surface area (TPSA) is 62.2 Å². The Morgan fingerprint density at radius 3 is 2.71 bits per heavy atom. The lowest BCUT2D eigenvalue weighted by molar-refractivity contribution is 0.0928. The second kappa shape index (κ2) is 7.50. The van der Waals surface area contributed by atoms with Crippen LogP contribution in [-0.2, 0) is 0 Å². The minimum Gasteiger partial charge on any atom is -0.396 e. The number of aliphatic hydroxyl groups excluding tert-OH is 1. The van der Waals surface area contributed by atoms with Crippen LogP contribution in [0.1, 0.15) is 34.8 Å². The molecule has 0 saturated heterocycles. The third-order valence-corrected chi connectivity index (χ3v) is 3.18. The first-order valence-corrected chi connectivity index (χ1v) is 6.78. The number of carbonyl (C=O) groups is 1. The van der Waals surface area contributed by atoms with Crippen molar-refractivity contribution in [3.05, 3.63) is 65.7 Å². The minimum atomic E-state index is -0.649. The molecule has 2 aromatic rings. The van der Waals surface area contributed by atoms with Gasteiger partial charge < -0.3 is 10.4 Å². The van der Waals surface area contributed by atoms with Crippen molar-refractivity contribution in [2.24, 2.45) is 0 Å². The molecule has 0 bridgehead atoms. The van der Waals surface area contributed by atoms with Crippen molar-refractivity contribution in [3.8, 4) is 0 Å². The van der Waals surface area contributed by atoms with Gasteiger partial charge in [0.05, 0.1) is 17.8 Å². The van der Waals surface area contributed by atoms with E-state index in [0.717, 1.165) is 11.8 Å². The fraction of sp³-hybridized carbons (Fsp3) is 0.250. The van der Waals surface area contributed by atoms with E-state index in [1.54, 1.807) is 0 Å². The molecular weight excluding hydrogens is 271 g/mol. The van der Waals surface area contributed by atoms with Crippen molar-refractivity contribution in [2.75, 3.05) is 6.61 Å². The lowest BCUT2D eigenvalue weighted by atomic mass is 10.0. The smallest absolute Gasteiger partial charge is 0.254 e. The number of rotatable bonds is 6. The average molecular weight is 288 g/mol. The fourth-order valence-electron chi connectivity index (χ4n) is 2.10. The van der Waals surface area contributed by atoms with Crippen molar-refractivity contribution in [2.45, 2.75) is 18.9 Å². The number of benzene rings is 1. The maximum absolute atomic E-state index is 13.6. The van der Waals surface area contributed by atoms with E-state index in [1.807, 2.05) is 30.3 Å². The van der Waals surface area contributed by atoms with Crippen LogP contribution < -0.4 is 5.32 Å². The van der Waals surface area contributed by atoms with Crippen molar-refractivity contribution in [1.29, 1.82) is 0 Å². The molecule has 110 valence electrons. The van der Waals surface area contributed by atoms with E-state index in [4.69, 9.17) is 5.11 Å². The number of nitrogens with zero attached hydrogens (tertiary/aromatic N) is 1. The monoisotopic (exact) mass is 288 g/mol. The van der Waals surface area contributed by atoms with Crippen molar-refractivity contribution < 1.29 is 14.3 Å². The van der Waals surface area contributed by atoms with Gasteiger partial charge in [-0.2, -0.15) is 0 Å². The van der Waals surface area contributed by atoms with Gasteiger partial charge in [-0.25, -0.2) is 4.39 Å². The first-order valence-electron chi connectivity index (χ1n) is 6.78. The SMILES string of the molecule is O=C(N[C@@H](CCCO)c1ccccc1)c1ccncc1F. The number of hydrogen-bond acceptors (Lipinski definition) is 3. The van der Waals surface area contributed by atoms with E-state index >= 15 is 0 Å². The molecule has 2 N–H and O–H groups in total. The third-order valence-electron chi connectivity index (χ3n) is 3.18. The highest BCUT2D eigenvalue weighted by Gasteiger charge is 2.17. The van der Waals surface area contributed by atoms with Crippen LogP contribution in [0.25, 0.3) is 0 Å². The van der Waals surface area contributed by atoms with Gasteiger partial charge in [-0.3, -0.25) is 9.78 Å². The van der Waals surface area contributed by atoms with Gasteiger partial charge in [-0.05, 0) is 24.5 Å². The van der Waals surface area contributed by atoms with Crippen LogP contribution in [-0.4, -0.2) is 22.6 Å². The molecule has 4 nitrogen and oxygen atoms in total. The van der Waals surface area contributed by atoms with Gasteiger partial charge >= 0.3 is 0 Å². The molecule has 1 aromatic carbocycles. The molecule has 0 saturated carbocycles. The van der Waals surface area contributed by atoms with Crippen molar-refractivity contribution in [3.63, 3.8) is 0 Å². The summed E-state index contributed by atoms with van der Waals surface area (Å²) in [5.74, 6) is -1.13. The lowest BCUT2D eigenvalue weighted by Crippen LogP contribution is -2.29. The summed E-state index contributed by atoms with van der Waals surface area (Å²) in [6.45, 7) is 0.0445. The van der Waals surface area contributed by atoms with Gasteiger partial charge in [-0.15, -0.1) is 0 Å². The van der Waals surface area contributed by atoms with Gasteiger partial charge in [0.15, 0.2) is 5.82 Å². The molecule has 0 spiro atoms. The molecule has 2 rings (SSSR count). The zero-order valence-corrected chi connectivity index (χ0v) is 11.5. The molecule has 1 aromatic heterocycles. The normalized spacial score (nSPS) is 11.9. The molecule has 0 aliphatic rings. The van der Waals surface area contributed by atoms with E-state index in [-0.39, 0.29) is 18.2 Å². The number of nitrogens with one attached hydrogen (secondary N) is 1. The van der Waals surface area contributed by atoms with Crippen molar-refractivity contribution >= 4 is 5.91 Å². The summed E-state index contributed by atoms with van der Waals surface area (Å²) in [4.78, 5) is 15.8. The summed E-state index contributed by atoms with van der Waals surface area (Å²) in [5, 5.41) is 11.8. The number of hydrogen-bond donors (Lipinski definition) is 2. The Morgan fingerprint density at radius 2 is 2.05 bits per heavy atom. The van der Waals surface area contributed by atoms with Crippen LogP contribution >= 0.6 is 0 Å². The second-order valence-electron chi connectivity index (χ2n) is 4.66. The number of halogens is 1. The summed E-state index contributed by atoms with van der Waals surface area (Å²) in [6, 6.07) is 10.5. The largest absolute Gasteiger partial charge is 0.396 e. The fourth-order valence-corrected chi connectivity index (χ4v) is 2.10. The Bertz CT molecular complexity index is 590. The first kappa shape index (κ1) is 15.1. The van der Waals surface area contributed by atoms with Crippen molar-refractivity contribution in [1.82, 2.24) is 10.3 Å². The Labute approximate surface area is 122 Å². The zero-order chi connectivity index (χ0) is 15.1. The van der Waals surface area contributed by atoms with E-state index in [0.29, 0.717) is 12.8 Å². The van der Waals surface area contributed by atoms with Gasteiger partial charge in [0.25, 0.3) is 5.91 Å². The Kier molecular flexibility index (Phi) is 5.40. The van der Waals surface area contributed by atoms with Gasteiger partial charge in [0, 0.05) is 12.8 Å². The maximum atomic E-state index is 13.6. The highest BCUT2D eigenvalue weighted by Crippen LogP contribution is 2.19. The number of aliphatic hydroxyl groups is 1. The molecule has 1 heterocycles. The average Bonchev–Trinajstić information content (AvgIpc) is 2.52. The number of carbonyl (C=O) groups excluding carboxylic acids is 1. The second-order valence-corrected chi connectivity index (χ2v) is 4.66. The Morgan fingerprint density at radius 1 is 1.29 bits per heavy atom. The van der Waals surface area contributed by atoms with Crippen LogP contribution in [0.15, 0.2) is 48.8 Å². The minimum absolute atomic E-state index is 0.0325. The Balaban J connectivity index is 2.15. The predicted octanol–water partition coefficient (Wildman–Crippen LogP) is 2.46. The van der Waals surface area contributed by atoms with Crippen LogP contribution in [0.2, 0.25) is 0 Å². The molecular formula is C16H17FN2O2. The van der Waals surface area contributed by atoms with Gasteiger partial charge in [-0.1, -0.05) is 30.3 Å². The standard InChI is InChI=1S/C16H17FN2O2/c17-14-11-18-9-8-13(14)16(21)19-15(7-4-10-20)12-5-2-1-3-6-12/h1-3,5-6,8-9,11,15,20H,4,7,10H2,(H,19,21)/t15-/m0/s1. The van der Waals surface area contributed by atoms with E-state index in [2.05, 4.69) is 10.3 Å². The van der Waals surface area contributed by atoms with Gasteiger partial charge in [0.2, 0.25) is 0 Å². The molecule has 0 radical (unpaired) electrons. The zero-order valence-electron chi connectivity index (χ0n) is 11.5. The molecule has 1 atom stereocenters.